The van der Waals surface area contributed by atoms with Crippen LogP contribution < -0.4 is 5.32 Å². The topological polar surface area (TPSA) is 85.6 Å². The van der Waals surface area contributed by atoms with Crippen LogP contribution in [0, 0.1) is 12.8 Å². The molecule has 1 saturated carbocycles. The molecule has 1 amide bonds. The van der Waals surface area contributed by atoms with Crippen molar-refractivity contribution in [1.29, 1.82) is 0 Å². The van der Waals surface area contributed by atoms with Gasteiger partial charge in [-0.25, -0.2) is 0 Å². The maximum Gasteiger partial charge on any atom is 0.251 e. The van der Waals surface area contributed by atoms with Gasteiger partial charge >= 0.3 is 0 Å². The number of carbonyl (C=O) groups excluding carboxylic acids is 1. The normalized spacial score (nSPS) is 13.1. The lowest BCUT2D eigenvalue weighted by Crippen LogP contribution is -2.26. The van der Waals surface area contributed by atoms with E-state index in [4.69, 9.17) is 0 Å². The lowest BCUT2D eigenvalue weighted by molar-refractivity contribution is 0.0954. The van der Waals surface area contributed by atoms with Gasteiger partial charge in [0, 0.05) is 67.2 Å². The van der Waals surface area contributed by atoms with Crippen molar-refractivity contribution >= 4 is 5.91 Å². The molecule has 0 spiro atoms. The minimum absolute atomic E-state index is 0.123. The maximum atomic E-state index is 13.1. The quantitative estimate of drug-likeness (QED) is 0.448. The molecular weight excluding hydrogens is 412 g/mol. The van der Waals surface area contributed by atoms with E-state index in [1.54, 1.807) is 18.6 Å². The second-order valence-corrected chi connectivity index (χ2v) is 8.56. The molecule has 166 valence electrons. The number of nitrogens with zero attached hydrogens (tertiary/aromatic N) is 5. The molecule has 1 aliphatic carbocycles. The van der Waals surface area contributed by atoms with Gasteiger partial charge in [0.05, 0.1) is 17.1 Å². The van der Waals surface area contributed by atoms with Crippen LogP contribution in [0.15, 0.2) is 67.4 Å². The van der Waals surface area contributed by atoms with Gasteiger partial charge in [0.15, 0.2) is 0 Å². The summed E-state index contributed by atoms with van der Waals surface area (Å²) in [6.07, 6.45) is 11.8. The average molecular weight is 439 g/mol. The molecular formula is C26H26N6O. The maximum absolute atomic E-state index is 13.1. The summed E-state index contributed by atoms with van der Waals surface area (Å²) in [5.41, 5.74) is 6.27. The largest absolute Gasteiger partial charge is 0.352 e. The molecule has 7 nitrogen and oxygen atoms in total. The predicted octanol–water partition coefficient (Wildman–Crippen LogP) is 4.09. The predicted molar refractivity (Wildman–Crippen MR) is 126 cm³/mol. The monoisotopic (exact) mass is 438 g/mol. The average Bonchev–Trinajstić information content (AvgIpc) is 3.54. The summed E-state index contributed by atoms with van der Waals surface area (Å²) >= 11 is 0. The van der Waals surface area contributed by atoms with Crippen molar-refractivity contribution in [3.63, 3.8) is 0 Å². The Morgan fingerprint density at radius 3 is 2.67 bits per heavy atom. The fraction of sp³-hybridized carbons (Fsp3) is 0.269. The summed E-state index contributed by atoms with van der Waals surface area (Å²) in [5, 5.41) is 7.55. The Kier molecular flexibility index (Phi) is 5.93. The van der Waals surface area contributed by atoms with Crippen LogP contribution in [0.5, 0.6) is 0 Å². The molecule has 0 bridgehead atoms. The molecule has 5 rings (SSSR count). The van der Waals surface area contributed by atoms with Crippen molar-refractivity contribution in [2.24, 2.45) is 5.92 Å². The van der Waals surface area contributed by atoms with E-state index < -0.39 is 0 Å². The number of benzene rings is 1. The smallest absolute Gasteiger partial charge is 0.251 e. The Hall–Kier alpha value is -3.87. The highest BCUT2D eigenvalue weighted by atomic mass is 16.1. The number of pyridine rings is 1. The highest BCUT2D eigenvalue weighted by Crippen LogP contribution is 2.33. The van der Waals surface area contributed by atoms with E-state index in [1.807, 2.05) is 49.6 Å². The molecule has 0 unspecified atom stereocenters. The van der Waals surface area contributed by atoms with E-state index in [-0.39, 0.29) is 5.91 Å². The Bertz CT molecular complexity index is 1250. The van der Waals surface area contributed by atoms with Gasteiger partial charge in [-0.1, -0.05) is 6.07 Å². The van der Waals surface area contributed by atoms with Gasteiger partial charge in [-0.05, 0) is 61.6 Å². The number of aromatic nitrogens is 5. The summed E-state index contributed by atoms with van der Waals surface area (Å²) < 4.78 is 2.05. The minimum Gasteiger partial charge on any atom is -0.352 e. The van der Waals surface area contributed by atoms with E-state index in [0.717, 1.165) is 40.3 Å². The SMILES string of the molecule is Cc1ccc(-c2cc(C(=O)NCCc3cnccn3)cc(-c3ccnn3CC3CC3)c2)nc1. The number of amides is 1. The van der Waals surface area contributed by atoms with E-state index in [0.29, 0.717) is 24.4 Å². The summed E-state index contributed by atoms with van der Waals surface area (Å²) in [7, 11) is 0. The Balaban J connectivity index is 1.44. The molecule has 0 aliphatic heterocycles. The van der Waals surface area contributed by atoms with Gasteiger partial charge in [-0.2, -0.15) is 5.10 Å². The van der Waals surface area contributed by atoms with E-state index >= 15 is 0 Å². The zero-order chi connectivity index (χ0) is 22.6. The summed E-state index contributed by atoms with van der Waals surface area (Å²) in [4.78, 5) is 26.0. The number of carbonyl (C=O) groups is 1. The van der Waals surface area contributed by atoms with E-state index in [9.17, 15) is 4.79 Å². The second-order valence-electron chi connectivity index (χ2n) is 8.56. The van der Waals surface area contributed by atoms with Gasteiger partial charge in [-0.3, -0.25) is 24.4 Å². The Morgan fingerprint density at radius 2 is 1.91 bits per heavy atom. The first kappa shape index (κ1) is 21.0. The van der Waals surface area contributed by atoms with Crippen LogP contribution in [0.25, 0.3) is 22.5 Å². The van der Waals surface area contributed by atoms with Crippen LogP contribution in [-0.4, -0.2) is 37.2 Å². The number of hydrogen-bond donors (Lipinski definition) is 1. The van der Waals surface area contributed by atoms with Crippen LogP contribution in [0.1, 0.15) is 34.5 Å². The van der Waals surface area contributed by atoms with Crippen LogP contribution in [0.4, 0.5) is 0 Å². The molecule has 1 aliphatic rings. The molecule has 0 atom stereocenters. The first-order valence-electron chi connectivity index (χ1n) is 11.3. The fourth-order valence-electron chi connectivity index (χ4n) is 3.83. The van der Waals surface area contributed by atoms with Crippen molar-refractivity contribution in [2.45, 2.75) is 32.7 Å². The molecule has 1 fully saturated rings. The van der Waals surface area contributed by atoms with Crippen LogP contribution in [0.3, 0.4) is 0 Å². The molecule has 33 heavy (non-hydrogen) atoms. The zero-order valence-electron chi connectivity index (χ0n) is 18.6. The van der Waals surface area contributed by atoms with Crippen molar-refractivity contribution in [3.8, 4) is 22.5 Å². The molecule has 1 aromatic carbocycles. The molecule has 0 saturated heterocycles. The van der Waals surface area contributed by atoms with Gasteiger partial charge < -0.3 is 5.32 Å². The summed E-state index contributed by atoms with van der Waals surface area (Å²) in [6.45, 7) is 3.41. The highest BCUT2D eigenvalue weighted by Gasteiger charge is 2.23. The molecule has 4 aromatic rings. The van der Waals surface area contributed by atoms with Gasteiger partial charge in [0.25, 0.3) is 5.91 Å². The summed E-state index contributed by atoms with van der Waals surface area (Å²) in [6, 6.07) is 12.0. The molecule has 7 heteroatoms. The van der Waals surface area contributed by atoms with E-state index in [1.165, 1.54) is 12.8 Å². The number of rotatable bonds is 8. The van der Waals surface area contributed by atoms with E-state index in [2.05, 4.69) is 36.1 Å². The lowest BCUT2D eigenvalue weighted by atomic mass is 10.00. The fourth-order valence-corrected chi connectivity index (χ4v) is 3.83. The summed E-state index contributed by atoms with van der Waals surface area (Å²) in [5.74, 6) is 0.580. The lowest BCUT2D eigenvalue weighted by Gasteiger charge is -2.12. The third kappa shape index (κ3) is 5.14. The molecule has 3 heterocycles. The van der Waals surface area contributed by atoms with Crippen molar-refractivity contribution in [1.82, 2.24) is 30.0 Å². The van der Waals surface area contributed by atoms with Crippen LogP contribution in [-0.2, 0) is 13.0 Å². The van der Waals surface area contributed by atoms with Gasteiger partial charge in [0.1, 0.15) is 0 Å². The van der Waals surface area contributed by atoms with Crippen molar-refractivity contribution in [2.75, 3.05) is 6.54 Å². The van der Waals surface area contributed by atoms with Crippen LogP contribution in [0.2, 0.25) is 0 Å². The second kappa shape index (κ2) is 9.32. The van der Waals surface area contributed by atoms with Crippen LogP contribution >= 0.6 is 0 Å². The zero-order valence-corrected chi connectivity index (χ0v) is 18.6. The number of nitrogens with one attached hydrogen (secondary N) is 1. The van der Waals surface area contributed by atoms with Gasteiger partial charge in [-0.15, -0.1) is 0 Å². The first-order chi connectivity index (χ1) is 16.2. The molecule has 1 N–H and O–H groups in total. The van der Waals surface area contributed by atoms with Crippen molar-refractivity contribution < 1.29 is 4.79 Å². The number of hydrogen-bond acceptors (Lipinski definition) is 5. The standard InChI is InChI=1S/C26H26N6O/c1-18-2-5-24(30-15-18)20-12-21(25-7-9-31-32(25)17-19-3-4-19)14-22(13-20)26(33)29-8-6-23-16-27-10-11-28-23/h2,5,7,9-16,19H,3-4,6,8,17H2,1H3,(H,29,33). The number of aryl methyl sites for hydroxylation is 1. The minimum atomic E-state index is -0.123. The highest BCUT2D eigenvalue weighted by molar-refractivity contribution is 5.97. The first-order valence-corrected chi connectivity index (χ1v) is 11.3. The van der Waals surface area contributed by atoms with Crippen molar-refractivity contribution in [3.05, 3.63) is 84.2 Å². The Morgan fingerprint density at radius 1 is 1.03 bits per heavy atom. The molecule has 0 radical (unpaired) electrons. The third-order valence-electron chi connectivity index (χ3n) is 5.83. The van der Waals surface area contributed by atoms with Gasteiger partial charge in [0.2, 0.25) is 0 Å². The molecule has 3 aromatic heterocycles. The Labute approximate surface area is 192 Å². The third-order valence-corrected chi connectivity index (χ3v) is 5.83.